The summed E-state index contributed by atoms with van der Waals surface area (Å²) in [6, 6.07) is 0. The van der Waals surface area contributed by atoms with Crippen LogP contribution in [0.5, 0.6) is 0 Å². The van der Waals surface area contributed by atoms with E-state index < -0.39 is 18.1 Å². The van der Waals surface area contributed by atoms with Gasteiger partial charge in [-0.05, 0) is 20.8 Å². The first-order valence-electron chi connectivity index (χ1n) is 4.58. The third-order valence-electron chi connectivity index (χ3n) is 1.68. The molecule has 0 spiro atoms. The predicted molar refractivity (Wildman–Crippen MR) is 49.7 cm³/mol. The van der Waals surface area contributed by atoms with Gasteiger partial charge in [0.2, 0.25) is 6.41 Å². The Morgan fingerprint density at radius 3 is 2.64 bits per heavy atom. The lowest BCUT2D eigenvalue weighted by Crippen LogP contribution is -2.41. The monoisotopic (exact) mass is 203 g/mol. The van der Waals surface area contributed by atoms with Crippen molar-refractivity contribution < 1.29 is 19.0 Å². The molecule has 0 bridgehead atoms. The fourth-order valence-corrected chi connectivity index (χ4v) is 1.14. The highest BCUT2D eigenvalue weighted by molar-refractivity contribution is 5.68. The largest absolute Gasteiger partial charge is 0.444 e. The molecule has 1 amide bonds. The van der Waals surface area contributed by atoms with E-state index in [0.717, 1.165) is 0 Å². The van der Waals surface area contributed by atoms with Crippen LogP contribution in [0.3, 0.4) is 0 Å². The molecule has 1 atom stereocenters. The number of ether oxygens (including phenoxy) is 3. The highest BCUT2D eigenvalue weighted by Crippen LogP contribution is 2.16. The normalized spacial score (nSPS) is 22.6. The third kappa shape index (κ3) is 2.85. The van der Waals surface area contributed by atoms with Crippen molar-refractivity contribution in [2.75, 3.05) is 20.3 Å². The summed E-state index contributed by atoms with van der Waals surface area (Å²) < 4.78 is 15.3. The van der Waals surface area contributed by atoms with E-state index in [1.165, 1.54) is 12.0 Å². The Morgan fingerprint density at radius 1 is 1.50 bits per heavy atom. The lowest BCUT2D eigenvalue weighted by atomic mass is 10.2. The molecule has 1 aliphatic rings. The Bertz CT molecular complexity index is 211. The van der Waals surface area contributed by atoms with Crippen LogP contribution in [0.1, 0.15) is 20.8 Å². The quantitative estimate of drug-likeness (QED) is 0.642. The molecule has 1 aliphatic heterocycles. The molecule has 0 aromatic heterocycles. The molecule has 14 heavy (non-hydrogen) atoms. The summed E-state index contributed by atoms with van der Waals surface area (Å²) >= 11 is 0. The molecule has 1 rings (SSSR count). The molecule has 0 aliphatic carbocycles. The number of amides is 1. The second-order valence-corrected chi connectivity index (χ2v) is 4.09. The Balaban J connectivity index is 2.52. The van der Waals surface area contributed by atoms with E-state index in [-0.39, 0.29) is 0 Å². The van der Waals surface area contributed by atoms with Crippen LogP contribution < -0.4 is 0 Å². The van der Waals surface area contributed by atoms with Crippen LogP contribution in [-0.4, -0.2) is 43.3 Å². The van der Waals surface area contributed by atoms with Gasteiger partial charge in [0, 0.05) is 7.11 Å². The Labute approximate surface area is 83.9 Å². The molecule has 0 saturated carbocycles. The van der Waals surface area contributed by atoms with Crippen LogP contribution in [0, 0.1) is 0 Å². The van der Waals surface area contributed by atoms with Crippen LogP contribution in [-0.2, 0) is 14.2 Å². The SMILES string of the molecule is COC1OCCN1C(=O)OC(C)(C)C. The summed E-state index contributed by atoms with van der Waals surface area (Å²) in [5.41, 5.74) is -0.488. The summed E-state index contributed by atoms with van der Waals surface area (Å²) in [7, 11) is 1.49. The molecule has 1 fully saturated rings. The summed E-state index contributed by atoms with van der Waals surface area (Å²) in [5, 5.41) is 0. The van der Waals surface area contributed by atoms with Crippen molar-refractivity contribution in [2.24, 2.45) is 0 Å². The average molecular weight is 203 g/mol. The van der Waals surface area contributed by atoms with E-state index >= 15 is 0 Å². The van der Waals surface area contributed by atoms with Crippen LogP contribution >= 0.6 is 0 Å². The molecular formula is C9H17NO4. The predicted octanol–water partition coefficient (Wildman–Crippen LogP) is 1.18. The maximum Gasteiger partial charge on any atom is 0.414 e. The van der Waals surface area contributed by atoms with Crippen molar-refractivity contribution >= 4 is 6.09 Å². The fourth-order valence-electron chi connectivity index (χ4n) is 1.14. The minimum atomic E-state index is -0.607. The molecule has 1 heterocycles. The van der Waals surface area contributed by atoms with Crippen molar-refractivity contribution in [1.29, 1.82) is 0 Å². The number of carbonyl (C=O) groups is 1. The van der Waals surface area contributed by atoms with Gasteiger partial charge in [0.15, 0.2) is 0 Å². The van der Waals surface area contributed by atoms with E-state index in [9.17, 15) is 4.79 Å². The Hall–Kier alpha value is -0.810. The Kier molecular flexibility index (Phi) is 3.34. The lowest BCUT2D eigenvalue weighted by Gasteiger charge is -2.26. The van der Waals surface area contributed by atoms with Gasteiger partial charge < -0.3 is 14.2 Å². The van der Waals surface area contributed by atoms with Gasteiger partial charge in [0.1, 0.15) is 5.60 Å². The van der Waals surface area contributed by atoms with E-state index in [1.807, 2.05) is 20.8 Å². The molecule has 5 nitrogen and oxygen atoms in total. The molecule has 1 saturated heterocycles. The molecule has 0 radical (unpaired) electrons. The zero-order valence-electron chi connectivity index (χ0n) is 9.07. The van der Waals surface area contributed by atoms with Gasteiger partial charge in [-0.3, -0.25) is 4.90 Å². The molecule has 5 heteroatoms. The highest BCUT2D eigenvalue weighted by atomic mass is 16.7. The highest BCUT2D eigenvalue weighted by Gasteiger charge is 2.32. The average Bonchev–Trinajstić information content (AvgIpc) is 2.47. The van der Waals surface area contributed by atoms with Gasteiger partial charge in [0.05, 0.1) is 13.2 Å². The maximum atomic E-state index is 11.6. The summed E-state index contributed by atoms with van der Waals surface area (Å²) in [6.45, 7) is 6.46. The maximum absolute atomic E-state index is 11.6. The van der Waals surface area contributed by atoms with E-state index in [4.69, 9.17) is 14.2 Å². The zero-order valence-corrected chi connectivity index (χ0v) is 9.07. The molecule has 0 N–H and O–H groups in total. The number of methoxy groups -OCH3 is 1. The van der Waals surface area contributed by atoms with Crippen LogP contribution in [0.2, 0.25) is 0 Å². The molecule has 82 valence electrons. The lowest BCUT2D eigenvalue weighted by molar-refractivity contribution is -0.151. The van der Waals surface area contributed by atoms with Gasteiger partial charge in [0.25, 0.3) is 0 Å². The minimum absolute atomic E-state index is 0.401. The minimum Gasteiger partial charge on any atom is -0.444 e. The van der Waals surface area contributed by atoms with Crippen molar-refractivity contribution in [3.63, 3.8) is 0 Å². The molecule has 0 aromatic rings. The van der Waals surface area contributed by atoms with Gasteiger partial charge in [-0.1, -0.05) is 0 Å². The molecular weight excluding hydrogens is 186 g/mol. The van der Waals surface area contributed by atoms with Gasteiger partial charge in [-0.25, -0.2) is 4.79 Å². The first-order valence-corrected chi connectivity index (χ1v) is 4.58. The summed E-state index contributed by atoms with van der Waals surface area (Å²) in [4.78, 5) is 13.0. The molecule has 0 aromatic carbocycles. The summed E-state index contributed by atoms with van der Waals surface area (Å²) in [6.07, 6.45) is -1.01. The first kappa shape index (κ1) is 11.3. The van der Waals surface area contributed by atoms with Crippen molar-refractivity contribution in [2.45, 2.75) is 32.8 Å². The van der Waals surface area contributed by atoms with Crippen LogP contribution in [0.25, 0.3) is 0 Å². The van der Waals surface area contributed by atoms with Gasteiger partial charge in [-0.2, -0.15) is 0 Å². The van der Waals surface area contributed by atoms with Gasteiger partial charge in [-0.15, -0.1) is 0 Å². The fraction of sp³-hybridized carbons (Fsp3) is 0.889. The third-order valence-corrected chi connectivity index (χ3v) is 1.68. The standard InChI is InChI=1S/C9H17NO4/c1-9(2,3)14-7(11)10-5-6-13-8(10)12-4/h8H,5-6H2,1-4H3. The van der Waals surface area contributed by atoms with Crippen LogP contribution in [0.15, 0.2) is 0 Å². The van der Waals surface area contributed by atoms with E-state index in [0.29, 0.717) is 13.2 Å². The number of hydrogen-bond donors (Lipinski definition) is 0. The van der Waals surface area contributed by atoms with E-state index in [1.54, 1.807) is 0 Å². The number of nitrogens with zero attached hydrogens (tertiary/aromatic N) is 1. The second kappa shape index (κ2) is 4.14. The number of carbonyl (C=O) groups excluding carboxylic acids is 1. The number of hydrogen-bond acceptors (Lipinski definition) is 4. The molecule has 1 unspecified atom stereocenters. The first-order chi connectivity index (χ1) is 6.44. The van der Waals surface area contributed by atoms with Crippen molar-refractivity contribution in [3.8, 4) is 0 Å². The topological polar surface area (TPSA) is 48.0 Å². The number of rotatable bonds is 1. The van der Waals surface area contributed by atoms with Crippen molar-refractivity contribution in [3.05, 3.63) is 0 Å². The van der Waals surface area contributed by atoms with E-state index in [2.05, 4.69) is 0 Å². The zero-order chi connectivity index (χ0) is 10.8. The van der Waals surface area contributed by atoms with Crippen molar-refractivity contribution in [1.82, 2.24) is 4.90 Å². The van der Waals surface area contributed by atoms with Crippen LogP contribution in [0.4, 0.5) is 4.79 Å². The second-order valence-electron chi connectivity index (χ2n) is 4.09. The smallest absolute Gasteiger partial charge is 0.414 e. The summed E-state index contributed by atoms with van der Waals surface area (Å²) in [5.74, 6) is 0. The van der Waals surface area contributed by atoms with Gasteiger partial charge >= 0.3 is 6.09 Å². The Morgan fingerprint density at radius 2 is 2.14 bits per heavy atom.